The molecule has 0 unspecified atom stereocenters. The van der Waals surface area contributed by atoms with Crippen LogP contribution in [0.5, 0.6) is 0 Å². The summed E-state index contributed by atoms with van der Waals surface area (Å²) in [4.78, 5) is 14.9. The van der Waals surface area contributed by atoms with Gasteiger partial charge in [0.15, 0.2) is 6.29 Å². The highest BCUT2D eigenvalue weighted by atomic mass is 35.5. The van der Waals surface area contributed by atoms with Gasteiger partial charge in [-0.1, -0.05) is 11.6 Å². The number of carbonyl (C=O) groups excluding carboxylic acids is 1. The van der Waals surface area contributed by atoms with E-state index in [0.29, 0.717) is 28.3 Å². The maximum absolute atomic E-state index is 12.7. The molecule has 16 heavy (non-hydrogen) atoms. The maximum Gasteiger partial charge on any atom is 0.152 e. The molecule has 2 rings (SSSR count). The first kappa shape index (κ1) is 10.8. The summed E-state index contributed by atoms with van der Waals surface area (Å²) >= 11 is 5.75. The van der Waals surface area contributed by atoms with Gasteiger partial charge in [0.1, 0.15) is 11.0 Å². The van der Waals surface area contributed by atoms with E-state index in [0.717, 1.165) is 0 Å². The zero-order chi connectivity index (χ0) is 11.5. The van der Waals surface area contributed by atoms with Gasteiger partial charge >= 0.3 is 0 Å². The highest BCUT2D eigenvalue weighted by molar-refractivity contribution is 6.29. The lowest BCUT2D eigenvalue weighted by atomic mass is 10.1. The van der Waals surface area contributed by atoms with Crippen LogP contribution in [0.25, 0.3) is 11.3 Å². The lowest BCUT2D eigenvalue weighted by molar-refractivity contribution is 0.112. The molecule has 80 valence electrons. The molecule has 2 aromatic rings. The molecular weight excluding hydrogens is 229 g/mol. The number of aromatic nitrogens is 1. The quantitative estimate of drug-likeness (QED) is 0.590. The van der Waals surface area contributed by atoms with Crippen LogP contribution < -0.4 is 0 Å². The van der Waals surface area contributed by atoms with E-state index in [2.05, 4.69) is 4.98 Å². The minimum atomic E-state index is -0.335. The number of hydrogen-bond donors (Lipinski definition) is 0. The number of aldehydes is 1. The number of rotatable bonds is 2. The van der Waals surface area contributed by atoms with Gasteiger partial charge in [0.25, 0.3) is 0 Å². The van der Waals surface area contributed by atoms with Crippen molar-refractivity contribution < 1.29 is 9.18 Å². The molecule has 0 aliphatic rings. The van der Waals surface area contributed by atoms with E-state index < -0.39 is 0 Å². The van der Waals surface area contributed by atoms with Crippen molar-refractivity contribution >= 4 is 17.9 Å². The first-order valence-corrected chi connectivity index (χ1v) is 4.96. The molecule has 1 aromatic heterocycles. The van der Waals surface area contributed by atoms with Gasteiger partial charge < -0.3 is 0 Å². The summed E-state index contributed by atoms with van der Waals surface area (Å²) in [6.07, 6.45) is 0.696. The molecule has 0 atom stereocenters. The average Bonchev–Trinajstić information content (AvgIpc) is 2.30. The predicted molar refractivity (Wildman–Crippen MR) is 60.0 cm³/mol. The lowest BCUT2D eigenvalue weighted by Gasteiger charge is -2.04. The van der Waals surface area contributed by atoms with Gasteiger partial charge in [-0.3, -0.25) is 4.79 Å². The molecule has 0 radical (unpaired) electrons. The van der Waals surface area contributed by atoms with Gasteiger partial charge in [-0.25, -0.2) is 9.37 Å². The second kappa shape index (κ2) is 4.41. The summed E-state index contributed by atoms with van der Waals surface area (Å²) in [6.45, 7) is 0. The second-order valence-electron chi connectivity index (χ2n) is 3.20. The smallest absolute Gasteiger partial charge is 0.152 e. The predicted octanol–water partition coefficient (Wildman–Crippen LogP) is 3.35. The average molecular weight is 236 g/mol. The lowest BCUT2D eigenvalue weighted by Crippen LogP contribution is -1.92. The number of carbonyl (C=O) groups is 1. The van der Waals surface area contributed by atoms with Crippen molar-refractivity contribution in [1.82, 2.24) is 4.98 Å². The summed E-state index contributed by atoms with van der Waals surface area (Å²) in [6, 6.07) is 8.86. The van der Waals surface area contributed by atoms with E-state index in [4.69, 9.17) is 11.6 Å². The zero-order valence-electron chi connectivity index (χ0n) is 8.15. The molecule has 0 bridgehead atoms. The van der Waals surface area contributed by atoms with Crippen molar-refractivity contribution in [3.05, 3.63) is 52.9 Å². The fourth-order valence-electron chi connectivity index (χ4n) is 1.38. The second-order valence-corrected chi connectivity index (χ2v) is 3.58. The standard InChI is InChI=1S/C12H7ClFNO/c13-11-6-3-9(7-16)12(15-11)8-1-4-10(14)5-2-8/h1-7H. The van der Waals surface area contributed by atoms with Gasteiger partial charge in [-0.2, -0.15) is 0 Å². The highest BCUT2D eigenvalue weighted by Crippen LogP contribution is 2.22. The Hall–Kier alpha value is -1.74. The van der Waals surface area contributed by atoms with Gasteiger partial charge in [-0.15, -0.1) is 0 Å². The summed E-state index contributed by atoms with van der Waals surface area (Å²) in [5, 5.41) is 0.296. The summed E-state index contributed by atoms with van der Waals surface area (Å²) < 4.78 is 12.7. The molecular formula is C12H7ClFNO. The van der Waals surface area contributed by atoms with Crippen molar-refractivity contribution in [3.8, 4) is 11.3 Å². The molecule has 2 nitrogen and oxygen atoms in total. The number of benzene rings is 1. The Kier molecular flexibility index (Phi) is 2.97. The first-order valence-electron chi connectivity index (χ1n) is 4.58. The van der Waals surface area contributed by atoms with Crippen LogP contribution in [0, 0.1) is 5.82 Å². The largest absolute Gasteiger partial charge is 0.298 e. The fraction of sp³-hybridized carbons (Fsp3) is 0. The van der Waals surface area contributed by atoms with Crippen LogP contribution in [0.15, 0.2) is 36.4 Å². The van der Waals surface area contributed by atoms with Gasteiger partial charge in [-0.05, 0) is 36.4 Å². The van der Waals surface area contributed by atoms with Crippen molar-refractivity contribution in [2.24, 2.45) is 0 Å². The van der Waals surface area contributed by atoms with Gasteiger partial charge in [0.05, 0.1) is 5.69 Å². The maximum atomic E-state index is 12.7. The topological polar surface area (TPSA) is 30.0 Å². The van der Waals surface area contributed by atoms with E-state index in [1.54, 1.807) is 18.2 Å². The molecule has 1 heterocycles. The molecule has 0 fully saturated rings. The molecule has 1 aromatic carbocycles. The molecule has 0 aliphatic carbocycles. The Morgan fingerprint density at radius 2 is 1.81 bits per heavy atom. The third kappa shape index (κ3) is 2.09. The SMILES string of the molecule is O=Cc1ccc(Cl)nc1-c1ccc(F)cc1. The van der Waals surface area contributed by atoms with Crippen molar-refractivity contribution in [2.75, 3.05) is 0 Å². The Morgan fingerprint density at radius 3 is 2.44 bits per heavy atom. The first-order chi connectivity index (χ1) is 7.70. The van der Waals surface area contributed by atoms with Crippen LogP contribution >= 0.6 is 11.6 Å². The summed E-state index contributed by atoms with van der Waals surface area (Å²) in [5.41, 5.74) is 1.55. The molecule has 4 heteroatoms. The van der Waals surface area contributed by atoms with Gasteiger partial charge in [0, 0.05) is 11.1 Å². The third-order valence-corrected chi connectivity index (χ3v) is 2.35. The van der Waals surface area contributed by atoms with E-state index >= 15 is 0 Å². The third-order valence-electron chi connectivity index (χ3n) is 2.14. The van der Waals surface area contributed by atoms with Crippen molar-refractivity contribution in [3.63, 3.8) is 0 Å². The van der Waals surface area contributed by atoms with E-state index in [9.17, 15) is 9.18 Å². The monoisotopic (exact) mass is 235 g/mol. The van der Waals surface area contributed by atoms with Crippen LogP contribution in [0.1, 0.15) is 10.4 Å². The molecule has 0 saturated heterocycles. The molecule has 0 N–H and O–H groups in total. The van der Waals surface area contributed by atoms with Gasteiger partial charge in [0.2, 0.25) is 0 Å². The minimum Gasteiger partial charge on any atom is -0.298 e. The number of halogens is 2. The molecule has 0 amide bonds. The number of pyridine rings is 1. The highest BCUT2D eigenvalue weighted by Gasteiger charge is 2.07. The van der Waals surface area contributed by atoms with E-state index in [1.165, 1.54) is 18.2 Å². The Labute approximate surface area is 96.7 Å². The van der Waals surface area contributed by atoms with Crippen LogP contribution in [-0.4, -0.2) is 11.3 Å². The van der Waals surface area contributed by atoms with E-state index in [-0.39, 0.29) is 5.82 Å². The van der Waals surface area contributed by atoms with Crippen LogP contribution in [-0.2, 0) is 0 Å². The molecule has 0 aliphatic heterocycles. The normalized spacial score (nSPS) is 10.1. The minimum absolute atomic E-state index is 0.296. The number of nitrogens with zero attached hydrogens (tertiary/aromatic N) is 1. The Bertz CT molecular complexity index is 525. The molecule has 0 spiro atoms. The summed E-state index contributed by atoms with van der Waals surface area (Å²) in [5.74, 6) is -0.335. The Morgan fingerprint density at radius 1 is 1.12 bits per heavy atom. The molecule has 0 saturated carbocycles. The van der Waals surface area contributed by atoms with Crippen molar-refractivity contribution in [1.29, 1.82) is 0 Å². The van der Waals surface area contributed by atoms with Crippen LogP contribution in [0.3, 0.4) is 0 Å². The van der Waals surface area contributed by atoms with Crippen LogP contribution in [0.2, 0.25) is 5.15 Å². The fourth-order valence-corrected chi connectivity index (χ4v) is 1.53. The Balaban J connectivity index is 2.57. The van der Waals surface area contributed by atoms with Crippen molar-refractivity contribution in [2.45, 2.75) is 0 Å². The zero-order valence-corrected chi connectivity index (χ0v) is 8.91. The number of hydrogen-bond acceptors (Lipinski definition) is 2. The van der Waals surface area contributed by atoms with E-state index in [1.807, 2.05) is 0 Å². The van der Waals surface area contributed by atoms with Crippen LogP contribution in [0.4, 0.5) is 4.39 Å². The summed E-state index contributed by atoms with van der Waals surface area (Å²) in [7, 11) is 0.